The van der Waals surface area contributed by atoms with Crippen molar-refractivity contribution in [3.8, 4) is 0 Å². The maximum atomic E-state index is 11.6. The van der Waals surface area contributed by atoms with Gasteiger partial charge in [-0.25, -0.2) is 0 Å². The Kier molecular flexibility index (Phi) is 4.75. The zero-order valence-electron chi connectivity index (χ0n) is 11.9. The fourth-order valence-corrected chi connectivity index (χ4v) is 1.79. The Morgan fingerprint density at radius 2 is 1.83 bits per heavy atom. The topological polar surface area (TPSA) is 65.0 Å². The second-order valence-corrected chi connectivity index (χ2v) is 6.07. The summed E-state index contributed by atoms with van der Waals surface area (Å²) < 4.78 is 16.3. The molecule has 1 fully saturated rings. The van der Waals surface area contributed by atoms with Crippen molar-refractivity contribution < 1.29 is 24.1 Å². The van der Waals surface area contributed by atoms with E-state index in [1.165, 1.54) is 0 Å². The summed E-state index contributed by atoms with van der Waals surface area (Å²) in [6.45, 7) is 9.21. The highest BCUT2D eigenvalue weighted by molar-refractivity contribution is 5.75. The van der Waals surface area contributed by atoms with E-state index in [0.717, 1.165) is 0 Å². The minimum absolute atomic E-state index is 0.0959. The number of aliphatic hydroxyl groups is 1. The van der Waals surface area contributed by atoms with Crippen molar-refractivity contribution >= 4 is 5.97 Å². The lowest BCUT2D eigenvalue weighted by molar-refractivity contribution is -0.156. The van der Waals surface area contributed by atoms with Crippen molar-refractivity contribution in [1.82, 2.24) is 0 Å². The maximum Gasteiger partial charge on any atom is 0.311 e. The van der Waals surface area contributed by atoms with Gasteiger partial charge in [0.15, 0.2) is 5.79 Å². The van der Waals surface area contributed by atoms with Gasteiger partial charge in [0, 0.05) is 6.42 Å². The monoisotopic (exact) mass is 260 g/mol. The minimum atomic E-state index is -0.688. The van der Waals surface area contributed by atoms with Crippen molar-refractivity contribution in [3.05, 3.63) is 0 Å². The summed E-state index contributed by atoms with van der Waals surface area (Å²) in [7, 11) is 0. The predicted octanol–water partition coefficient (Wildman–Crippen LogP) is 1.48. The highest BCUT2D eigenvalue weighted by Crippen LogP contribution is 2.29. The van der Waals surface area contributed by atoms with Gasteiger partial charge in [-0.2, -0.15) is 0 Å². The van der Waals surface area contributed by atoms with Crippen LogP contribution in [0.25, 0.3) is 0 Å². The van der Waals surface area contributed by atoms with E-state index in [0.29, 0.717) is 6.42 Å². The molecule has 5 nitrogen and oxygen atoms in total. The highest BCUT2D eigenvalue weighted by Gasteiger charge is 2.40. The van der Waals surface area contributed by atoms with E-state index in [2.05, 4.69) is 0 Å². The molecule has 0 saturated carbocycles. The summed E-state index contributed by atoms with van der Waals surface area (Å²) in [6, 6.07) is 0. The van der Waals surface area contributed by atoms with E-state index in [1.54, 1.807) is 13.8 Å². The molecule has 0 aliphatic carbocycles. The van der Waals surface area contributed by atoms with Gasteiger partial charge < -0.3 is 19.3 Å². The van der Waals surface area contributed by atoms with Crippen LogP contribution in [0, 0.1) is 5.41 Å². The first-order valence-electron chi connectivity index (χ1n) is 6.29. The van der Waals surface area contributed by atoms with Crippen molar-refractivity contribution in [2.24, 2.45) is 5.41 Å². The molecule has 0 bridgehead atoms. The lowest BCUT2D eigenvalue weighted by Gasteiger charge is -2.19. The third kappa shape index (κ3) is 4.23. The van der Waals surface area contributed by atoms with Gasteiger partial charge in [0.2, 0.25) is 0 Å². The Balaban J connectivity index is 2.38. The fraction of sp³-hybridized carbons (Fsp3) is 0.923. The molecule has 0 aromatic carbocycles. The first-order valence-corrected chi connectivity index (χ1v) is 6.29. The molecule has 0 unspecified atom stereocenters. The average Bonchev–Trinajstić information content (AvgIpc) is 2.51. The Morgan fingerprint density at radius 1 is 1.28 bits per heavy atom. The normalized spacial score (nSPS) is 27.2. The van der Waals surface area contributed by atoms with E-state index < -0.39 is 11.2 Å². The molecule has 1 aliphatic rings. The van der Waals surface area contributed by atoms with Crippen molar-refractivity contribution in [1.29, 1.82) is 0 Å². The SMILES string of the molecule is CC1(C)O[C@@H](CCOC(=O)C(C)(C)C)[C@@H](CO)O1. The molecule has 0 aromatic rings. The van der Waals surface area contributed by atoms with Gasteiger partial charge in [-0.1, -0.05) is 0 Å². The summed E-state index contributed by atoms with van der Waals surface area (Å²) in [4.78, 5) is 11.6. The predicted molar refractivity (Wildman–Crippen MR) is 65.9 cm³/mol. The van der Waals surface area contributed by atoms with Gasteiger partial charge in [0.05, 0.1) is 24.7 Å². The van der Waals surface area contributed by atoms with Crippen molar-refractivity contribution in [3.63, 3.8) is 0 Å². The molecule has 0 radical (unpaired) electrons. The molecule has 106 valence electrons. The lowest BCUT2D eigenvalue weighted by Crippen LogP contribution is -2.29. The summed E-state index contributed by atoms with van der Waals surface area (Å²) in [6.07, 6.45) is -0.0673. The summed E-state index contributed by atoms with van der Waals surface area (Å²) in [5.74, 6) is -0.923. The first kappa shape index (κ1) is 15.4. The average molecular weight is 260 g/mol. The molecule has 0 spiro atoms. The third-order valence-electron chi connectivity index (χ3n) is 2.71. The molecule has 1 heterocycles. The van der Waals surface area contributed by atoms with Crippen LogP contribution < -0.4 is 0 Å². The van der Waals surface area contributed by atoms with Crippen LogP contribution in [-0.4, -0.2) is 42.3 Å². The molecule has 1 saturated heterocycles. The summed E-state index contributed by atoms with van der Waals surface area (Å²) in [5.41, 5.74) is -0.497. The van der Waals surface area contributed by atoms with Gasteiger partial charge in [0.1, 0.15) is 6.10 Å². The van der Waals surface area contributed by atoms with Crippen LogP contribution in [0.4, 0.5) is 0 Å². The standard InChI is InChI=1S/C13H24O5/c1-12(2,3)11(15)16-7-6-9-10(8-14)18-13(4,5)17-9/h9-10,14H,6-8H2,1-5H3/t9-,10+/m0/s1. The molecule has 1 rings (SSSR count). The smallest absolute Gasteiger partial charge is 0.311 e. The van der Waals surface area contributed by atoms with Crippen LogP contribution in [0.5, 0.6) is 0 Å². The molecule has 1 aliphatic heterocycles. The molecule has 1 N–H and O–H groups in total. The van der Waals surface area contributed by atoms with Gasteiger partial charge in [-0.3, -0.25) is 4.79 Å². The van der Waals surface area contributed by atoms with Crippen molar-refractivity contribution in [2.75, 3.05) is 13.2 Å². The van der Waals surface area contributed by atoms with E-state index in [1.807, 2.05) is 20.8 Å². The molecular weight excluding hydrogens is 236 g/mol. The van der Waals surface area contributed by atoms with Gasteiger partial charge in [-0.15, -0.1) is 0 Å². The van der Waals surface area contributed by atoms with Gasteiger partial charge in [-0.05, 0) is 34.6 Å². The summed E-state index contributed by atoms with van der Waals surface area (Å²) >= 11 is 0. The number of rotatable bonds is 4. The number of ether oxygens (including phenoxy) is 3. The molecule has 5 heteroatoms. The van der Waals surface area contributed by atoms with Crippen LogP contribution in [0.3, 0.4) is 0 Å². The molecule has 18 heavy (non-hydrogen) atoms. The number of carbonyl (C=O) groups excluding carboxylic acids is 1. The second-order valence-electron chi connectivity index (χ2n) is 6.07. The Hall–Kier alpha value is -0.650. The highest BCUT2D eigenvalue weighted by atomic mass is 16.8. The number of carbonyl (C=O) groups is 1. The first-order chi connectivity index (χ1) is 8.15. The van der Waals surface area contributed by atoms with E-state index in [-0.39, 0.29) is 31.4 Å². The van der Waals surface area contributed by atoms with Crippen molar-refractivity contribution in [2.45, 2.75) is 59.0 Å². The number of esters is 1. The van der Waals surface area contributed by atoms with Crippen LogP contribution in [0.1, 0.15) is 41.0 Å². The Labute approximate surface area is 108 Å². The third-order valence-corrected chi connectivity index (χ3v) is 2.71. The zero-order chi connectivity index (χ0) is 14.0. The zero-order valence-corrected chi connectivity index (χ0v) is 11.9. The second kappa shape index (κ2) is 5.55. The summed E-state index contributed by atoms with van der Waals surface area (Å²) in [5, 5.41) is 9.19. The van der Waals surface area contributed by atoms with E-state index >= 15 is 0 Å². The maximum absolute atomic E-state index is 11.6. The molecule has 0 amide bonds. The molecule has 0 aromatic heterocycles. The minimum Gasteiger partial charge on any atom is -0.465 e. The van der Waals surface area contributed by atoms with E-state index in [9.17, 15) is 9.90 Å². The van der Waals surface area contributed by atoms with Crippen LogP contribution >= 0.6 is 0 Å². The van der Waals surface area contributed by atoms with Gasteiger partial charge >= 0.3 is 5.97 Å². The van der Waals surface area contributed by atoms with Crippen LogP contribution in [0.15, 0.2) is 0 Å². The quantitative estimate of drug-likeness (QED) is 0.776. The lowest BCUT2D eigenvalue weighted by atomic mass is 9.97. The van der Waals surface area contributed by atoms with Gasteiger partial charge in [0.25, 0.3) is 0 Å². The van der Waals surface area contributed by atoms with E-state index in [4.69, 9.17) is 14.2 Å². The number of hydrogen-bond donors (Lipinski definition) is 1. The van der Waals surface area contributed by atoms with Crippen LogP contribution in [-0.2, 0) is 19.0 Å². The number of hydrogen-bond acceptors (Lipinski definition) is 5. The fourth-order valence-electron chi connectivity index (χ4n) is 1.79. The largest absolute Gasteiger partial charge is 0.465 e. The van der Waals surface area contributed by atoms with Crippen LogP contribution in [0.2, 0.25) is 0 Å². The Bertz CT molecular complexity index is 292. The molecule has 2 atom stereocenters. The number of aliphatic hydroxyl groups excluding tert-OH is 1. The molecular formula is C13H24O5. The Morgan fingerprint density at radius 3 is 2.33 bits per heavy atom.